The van der Waals surface area contributed by atoms with Crippen LogP contribution in [0.25, 0.3) is 0 Å². The fraction of sp³-hybridized carbons (Fsp3) is 0.500. The number of alkyl halides is 3. The van der Waals surface area contributed by atoms with Crippen LogP contribution in [0.4, 0.5) is 25.1 Å². The first-order chi connectivity index (χ1) is 14.8. The Morgan fingerprint density at radius 1 is 1.12 bits per heavy atom. The number of hydrogen-bond donors (Lipinski definition) is 1. The molecule has 176 valence electrons. The third kappa shape index (κ3) is 5.05. The lowest BCUT2D eigenvalue weighted by atomic mass is 10.2. The first-order valence-electron chi connectivity index (χ1n) is 9.60. The first-order valence-corrected chi connectivity index (χ1v) is 11.4. The highest BCUT2D eigenvalue weighted by Gasteiger charge is 2.36. The number of nitrogen functional groups attached to an aromatic ring is 1. The lowest BCUT2D eigenvalue weighted by Gasteiger charge is -2.36. The van der Waals surface area contributed by atoms with Gasteiger partial charge in [0.1, 0.15) is 0 Å². The van der Waals surface area contributed by atoms with E-state index in [2.05, 4.69) is 15.0 Å². The lowest BCUT2D eigenvalue weighted by Crippen LogP contribution is -2.49. The standard InChI is InChI=1S/C18H23ClF3N7O2S/c1-11(15-24-16(23)26-17(25-15)27(2)3)28-6-8-29(9-7-28)32(30,31)12-4-5-14(19)13(10-12)18(20,21)22/h4-5,10-11H,6-9H2,1-3H3,(H2,23,24,25,26)/t11-/m0/s1. The highest BCUT2D eigenvalue weighted by molar-refractivity contribution is 7.89. The van der Waals surface area contributed by atoms with Gasteiger partial charge in [0.15, 0.2) is 5.82 Å². The maximum atomic E-state index is 13.1. The average molecular weight is 494 g/mol. The molecule has 32 heavy (non-hydrogen) atoms. The molecule has 1 fully saturated rings. The predicted molar refractivity (Wildman–Crippen MR) is 114 cm³/mol. The van der Waals surface area contributed by atoms with Gasteiger partial charge in [-0.25, -0.2) is 8.42 Å². The summed E-state index contributed by atoms with van der Waals surface area (Å²) in [6.45, 7) is 2.73. The molecule has 2 N–H and O–H groups in total. The summed E-state index contributed by atoms with van der Waals surface area (Å²) in [6.07, 6.45) is -4.76. The van der Waals surface area contributed by atoms with Crippen LogP contribution in [0.3, 0.4) is 0 Å². The van der Waals surface area contributed by atoms with Crippen LogP contribution in [0.5, 0.6) is 0 Å². The molecule has 0 bridgehead atoms. The van der Waals surface area contributed by atoms with Gasteiger partial charge in [-0.1, -0.05) is 11.6 Å². The van der Waals surface area contributed by atoms with Crippen LogP contribution in [0.15, 0.2) is 23.1 Å². The predicted octanol–water partition coefficient (Wildman–Crippen LogP) is 2.26. The molecule has 0 saturated carbocycles. The number of piperazine rings is 1. The first kappa shape index (κ1) is 24.4. The van der Waals surface area contributed by atoms with Crippen molar-refractivity contribution in [3.8, 4) is 0 Å². The summed E-state index contributed by atoms with van der Waals surface area (Å²) in [6, 6.07) is 2.33. The van der Waals surface area contributed by atoms with Crippen molar-refractivity contribution in [1.29, 1.82) is 0 Å². The minimum absolute atomic E-state index is 0.0787. The number of anilines is 2. The highest BCUT2D eigenvalue weighted by atomic mass is 35.5. The zero-order valence-electron chi connectivity index (χ0n) is 17.6. The normalized spacial score (nSPS) is 17.3. The van der Waals surface area contributed by atoms with Gasteiger partial charge in [-0.05, 0) is 25.1 Å². The number of rotatable bonds is 5. The Bertz CT molecular complexity index is 1090. The zero-order chi connectivity index (χ0) is 23.8. The molecule has 1 aromatic heterocycles. The van der Waals surface area contributed by atoms with Crippen molar-refractivity contribution in [2.45, 2.75) is 24.0 Å². The summed E-state index contributed by atoms with van der Waals surface area (Å²) in [5.74, 6) is 0.934. The summed E-state index contributed by atoms with van der Waals surface area (Å²) in [7, 11) is -0.577. The molecule has 9 nitrogen and oxygen atoms in total. The molecule has 0 unspecified atom stereocenters. The minimum atomic E-state index is -4.76. The van der Waals surface area contributed by atoms with Crippen molar-refractivity contribution in [2.75, 3.05) is 50.9 Å². The average Bonchev–Trinajstić information content (AvgIpc) is 2.72. The maximum Gasteiger partial charge on any atom is 0.417 e. The fourth-order valence-corrected chi connectivity index (χ4v) is 4.98. The molecule has 0 radical (unpaired) electrons. The van der Waals surface area contributed by atoms with Crippen molar-refractivity contribution >= 4 is 33.5 Å². The van der Waals surface area contributed by atoms with E-state index in [1.54, 1.807) is 19.0 Å². The lowest BCUT2D eigenvalue weighted by molar-refractivity contribution is -0.137. The van der Waals surface area contributed by atoms with E-state index in [0.717, 1.165) is 16.4 Å². The van der Waals surface area contributed by atoms with E-state index in [1.165, 1.54) is 0 Å². The van der Waals surface area contributed by atoms with Crippen LogP contribution in [-0.4, -0.2) is 72.8 Å². The van der Waals surface area contributed by atoms with E-state index in [-0.39, 0.29) is 25.1 Å². The van der Waals surface area contributed by atoms with Crippen molar-refractivity contribution in [3.05, 3.63) is 34.6 Å². The molecule has 2 heterocycles. The Hall–Kier alpha value is -2.22. The van der Waals surface area contributed by atoms with Gasteiger partial charge in [0.25, 0.3) is 0 Å². The molecule has 3 rings (SSSR count). The SMILES string of the molecule is C[C@@H](c1nc(N)nc(N(C)C)n1)N1CCN(S(=O)(=O)c2ccc(Cl)c(C(F)(F)F)c2)CC1. The van der Waals surface area contributed by atoms with E-state index in [4.69, 9.17) is 17.3 Å². The summed E-state index contributed by atoms with van der Waals surface area (Å²) >= 11 is 5.61. The Morgan fingerprint density at radius 3 is 2.31 bits per heavy atom. The monoisotopic (exact) mass is 493 g/mol. The molecule has 0 spiro atoms. The van der Waals surface area contributed by atoms with Crippen LogP contribution in [0, 0.1) is 0 Å². The van der Waals surface area contributed by atoms with E-state index in [9.17, 15) is 21.6 Å². The number of halogens is 4. The van der Waals surface area contributed by atoms with Gasteiger partial charge < -0.3 is 10.6 Å². The third-order valence-corrected chi connectivity index (χ3v) is 7.36. The highest BCUT2D eigenvalue weighted by Crippen LogP contribution is 2.36. The summed E-state index contributed by atoms with van der Waals surface area (Å²) in [4.78, 5) is 15.9. The van der Waals surface area contributed by atoms with Gasteiger partial charge in [0.05, 0.1) is 21.5 Å². The number of benzene rings is 1. The van der Waals surface area contributed by atoms with Crippen molar-refractivity contribution in [3.63, 3.8) is 0 Å². The van der Waals surface area contributed by atoms with E-state index < -0.39 is 31.7 Å². The number of nitrogens with zero attached hydrogens (tertiary/aromatic N) is 6. The Labute approximate surface area is 189 Å². The molecular formula is C18H23ClF3N7O2S. The fourth-order valence-electron chi connectivity index (χ4n) is 3.31. The third-order valence-electron chi connectivity index (χ3n) is 5.13. The quantitative estimate of drug-likeness (QED) is 0.675. The van der Waals surface area contributed by atoms with Crippen LogP contribution in [-0.2, 0) is 16.2 Å². The van der Waals surface area contributed by atoms with E-state index in [1.807, 2.05) is 11.8 Å². The number of sulfonamides is 1. The number of nitrogens with two attached hydrogens (primary N) is 1. The molecule has 0 aliphatic carbocycles. The topological polar surface area (TPSA) is 109 Å². The Balaban J connectivity index is 1.76. The van der Waals surface area contributed by atoms with Gasteiger partial charge in [-0.2, -0.15) is 32.4 Å². The molecule has 1 aliphatic heterocycles. The van der Waals surface area contributed by atoms with Gasteiger partial charge >= 0.3 is 6.18 Å². The molecule has 2 aromatic rings. The molecule has 1 atom stereocenters. The smallest absolute Gasteiger partial charge is 0.368 e. The van der Waals surface area contributed by atoms with Crippen LogP contribution < -0.4 is 10.6 Å². The van der Waals surface area contributed by atoms with Crippen molar-refractivity contribution in [1.82, 2.24) is 24.2 Å². The minimum Gasteiger partial charge on any atom is -0.368 e. The van der Waals surface area contributed by atoms with Gasteiger partial charge in [0.2, 0.25) is 21.9 Å². The Morgan fingerprint density at radius 2 is 1.75 bits per heavy atom. The molecular weight excluding hydrogens is 471 g/mol. The van der Waals surface area contributed by atoms with Crippen LogP contribution in [0.2, 0.25) is 5.02 Å². The summed E-state index contributed by atoms with van der Waals surface area (Å²) in [5.41, 5.74) is 4.59. The Kier molecular flexibility index (Phi) is 6.84. The van der Waals surface area contributed by atoms with Crippen molar-refractivity contribution in [2.24, 2.45) is 0 Å². The zero-order valence-corrected chi connectivity index (χ0v) is 19.2. The van der Waals surface area contributed by atoms with Gasteiger partial charge in [-0.15, -0.1) is 0 Å². The second-order valence-corrected chi connectivity index (χ2v) is 9.85. The second kappa shape index (κ2) is 8.96. The molecule has 1 saturated heterocycles. The summed E-state index contributed by atoms with van der Waals surface area (Å²) < 4.78 is 66.4. The van der Waals surface area contributed by atoms with Gasteiger partial charge in [0, 0.05) is 40.3 Å². The molecule has 1 aromatic carbocycles. The summed E-state index contributed by atoms with van der Waals surface area (Å²) in [5, 5.41) is -0.552. The molecule has 1 aliphatic rings. The van der Waals surface area contributed by atoms with E-state index in [0.29, 0.717) is 30.9 Å². The van der Waals surface area contributed by atoms with Gasteiger partial charge in [-0.3, -0.25) is 4.90 Å². The second-order valence-electron chi connectivity index (χ2n) is 7.50. The number of hydrogen-bond acceptors (Lipinski definition) is 8. The largest absolute Gasteiger partial charge is 0.417 e. The maximum absolute atomic E-state index is 13.1. The van der Waals surface area contributed by atoms with Crippen LogP contribution >= 0.6 is 11.6 Å². The van der Waals surface area contributed by atoms with Crippen LogP contribution in [0.1, 0.15) is 24.4 Å². The molecule has 14 heteroatoms. The van der Waals surface area contributed by atoms with Crippen molar-refractivity contribution < 1.29 is 21.6 Å². The number of aromatic nitrogens is 3. The van der Waals surface area contributed by atoms with E-state index >= 15 is 0 Å². The molecule has 0 amide bonds.